The van der Waals surface area contributed by atoms with Crippen molar-refractivity contribution < 1.29 is 13.9 Å². The van der Waals surface area contributed by atoms with Gasteiger partial charge in [-0.15, -0.1) is 0 Å². The standard InChI is InChI=1S/C27H23FN4O3/c1-2-21-25(18-5-7-19(28)8-6-18)26-29-15-20-22(32(26)30-21)10-11-31(27(20)33)16-17-4-9-23-24(14-17)35-13-3-12-34-23/h4-11,14-15H,2-3,12-13,16H2,1H3. The molecule has 1 aliphatic rings. The third kappa shape index (κ3) is 3.71. The van der Waals surface area contributed by atoms with Crippen LogP contribution in [0.15, 0.2) is 65.7 Å². The van der Waals surface area contributed by atoms with Gasteiger partial charge in [0.15, 0.2) is 17.1 Å². The maximum Gasteiger partial charge on any atom is 0.261 e. The van der Waals surface area contributed by atoms with Gasteiger partial charge >= 0.3 is 0 Å². The molecule has 4 heterocycles. The molecule has 0 amide bonds. The van der Waals surface area contributed by atoms with Crippen molar-refractivity contribution in [3.05, 3.63) is 88.4 Å². The summed E-state index contributed by atoms with van der Waals surface area (Å²) in [6, 6.07) is 14.0. The van der Waals surface area contributed by atoms with Crippen LogP contribution in [0, 0.1) is 5.82 Å². The van der Waals surface area contributed by atoms with E-state index in [1.54, 1.807) is 33.6 Å². The molecule has 0 aliphatic carbocycles. The van der Waals surface area contributed by atoms with E-state index in [2.05, 4.69) is 4.98 Å². The van der Waals surface area contributed by atoms with Gasteiger partial charge in [-0.25, -0.2) is 13.9 Å². The minimum Gasteiger partial charge on any atom is -0.490 e. The van der Waals surface area contributed by atoms with Crippen LogP contribution in [0.25, 0.3) is 27.7 Å². The number of benzene rings is 2. The molecule has 2 aromatic carbocycles. The van der Waals surface area contributed by atoms with Crippen LogP contribution >= 0.6 is 0 Å². The number of halogens is 1. The zero-order valence-corrected chi connectivity index (χ0v) is 19.2. The average Bonchev–Trinajstić information content (AvgIpc) is 3.10. The van der Waals surface area contributed by atoms with Crippen LogP contribution in [0.3, 0.4) is 0 Å². The van der Waals surface area contributed by atoms with Crippen molar-refractivity contribution in [1.82, 2.24) is 19.2 Å². The first kappa shape index (κ1) is 21.3. The Kier molecular flexibility index (Phi) is 5.21. The molecule has 0 bridgehead atoms. The first-order valence-electron chi connectivity index (χ1n) is 11.7. The van der Waals surface area contributed by atoms with Gasteiger partial charge in [-0.3, -0.25) is 4.79 Å². The summed E-state index contributed by atoms with van der Waals surface area (Å²) in [6.07, 6.45) is 4.90. The number of pyridine rings is 1. The molecule has 0 spiro atoms. The number of rotatable bonds is 4. The van der Waals surface area contributed by atoms with E-state index in [0.29, 0.717) is 48.5 Å². The normalized spacial score (nSPS) is 13.3. The minimum atomic E-state index is -0.296. The number of hydrogen-bond acceptors (Lipinski definition) is 5. The molecule has 5 aromatic rings. The van der Waals surface area contributed by atoms with Gasteiger partial charge in [0.05, 0.1) is 36.4 Å². The third-order valence-electron chi connectivity index (χ3n) is 6.29. The predicted molar refractivity (Wildman–Crippen MR) is 131 cm³/mol. The molecule has 0 unspecified atom stereocenters. The second kappa shape index (κ2) is 8.54. The Balaban J connectivity index is 1.43. The Morgan fingerprint density at radius 2 is 1.83 bits per heavy atom. The number of hydrogen-bond donors (Lipinski definition) is 0. The fourth-order valence-electron chi connectivity index (χ4n) is 4.54. The lowest BCUT2D eigenvalue weighted by atomic mass is 10.0. The lowest BCUT2D eigenvalue weighted by molar-refractivity contribution is 0.297. The van der Waals surface area contributed by atoms with Gasteiger partial charge in [0.1, 0.15) is 5.82 Å². The molecular weight excluding hydrogens is 447 g/mol. The zero-order chi connectivity index (χ0) is 23.9. The molecule has 0 atom stereocenters. The number of aryl methyl sites for hydroxylation is 1. The van der Waals surface area contributed by atoms with Crippen LogP contribution in [0.4, 0.5) is 4.39 Å². The van der Waals surface area contributed by atoms with E-state index >= 15 is 0 Å². The van der Waals surface area contributed by atoms with E-state index < -0.39 is 0 Å². The highest BCUT2D eigenvalue weighted by molar-refractivity contribution is 5.86. The molecule has 1 aliphatic heterocycles. The Hall–Kier alpha value is -4.20. The summed E-state index contributed by atoms with van der Waals surface area (Å²) in [4.78, 5) is 18.0. The van der Waals surface area contributed by atoms with Gasteiger partial charge < -0.3 is 14.0 Å². The van der Waals surface area contributed by atoms with Gasteiger partial charge in [-0.2, -0.15) is 5.10 Å². The Morgan fingerprint density at radius 1 is 1.03 bits per heavy atom. The minimum absolute atomic E-state index is 0.152. The number of ether oxygens (including phenoxy) is 2. The second-order valence-electron chi connectivity index (χ2n) is 8.56. The van der Waals surface area contributed by atoms with Crippen LogP contribution in [0.2, 0.25) is 0 Å². The highest BCUT2D eigenvalue weighted by atomic mass is 19.1. The van der Waals surface area contributed by atoms with Crippen molar-refractivity contribution in [3.8, 4) is 22.6 Å². The first-order valence-corrected chi connectivity index (χ1v) is 11.7. The molecule has 0 N–H and O–H groups in total. The van der Waals surface area contributed by atoms with E-state index in [1.165, 1.54) is 12.1 Å². The first-order chi connectivity index (χ1) is 17.1. The van der Waals surface area contributed by atoms with Crippen LogP contribution in [0.1, 0.15) is 24.6 Å². The molecule has 0 saturated heterocycles. The summed E-state index contributed by atoms with van der Waals surface area (Å²) in [7, 11) is 0. The van der Waals surface area contributed by atoms with Crippen molar-refractivity contribution >= 4 is 16.6 Å². The van der Waals surface area contributed by atoms with Crippen LogP contribution in [0.5, 0.6) is 11.5 Å². The molecular formula is C27H23FN4O3. The van der Waals surface area contributed by atoms with E-state index in [4.69, 9.17) is 14.6 Å². The smallest absolute Gasteiger partial charge is 0.261 e. The lowest BCUT2D eigenvalue weighted by Crippen LogP contribution is -2.21. The largest absolute Gasteiger partial charge is 0.490 e. The number of nitrogens with zero attached hydrogens (tertiary/aromatic N) is 4. The fraction of sp³-hybridized carbons (Fsp3) is 0.222. The molecule has 0 fully saturated rings. The van der Waals surface area contributed by atoms with E-state index in [0.717, 1.165) is 34.6 Å². The SMILES string of the molecule is CCc1nn2c(ncc3c(=O)n(Cc4ccc5c(c4)OCCCO5)ccc32)c1-c1ccc(F)cc1. The Bertz CT molecular complexity index is 1620. The summed E-state index contributed by atoms with van der Waals surface area (Å²) < 4.78 is 28.3. The molecule has 3 aromatic heterocycles. The molecule has 176 valence electrons. The van der Waals surface area contributed by atoms with Crippen molar-refractivity contribution in [2.24, 2.45) is 0 Å². The summed E-state index contributed by atoms with van der Waals surface area (Å²) >= 11 is 0. The number of fused-ring (bicyclic) bond motifs is 4. The van der Waals surface area contributed by atoms with Crippen LogP contribution in [-0.4, -0.2) is 32.4 Å². The highest BCUT2D eigenvalue weighted by Gasteiger charge is 2.18. The van der Waals surface area contributed by atoms with Crippen molar-refractivity contribution in [3.63, 3.8) is 0 Å². The van der Waals surface area contributed by atoms with E-state index in [-0.39, 0.29) is 11.4 Å². The number of aromatic nitrogens is 4. The van der Waals surface area contributed by atoms with Gasteiger partial charge in [0, 0.05) is 24.4 Å². The van der Waals surface area contributed by atoms with Crippen molar-refractivity contribution in [2.75, 3.05) is 13.2 Å². The summed E-state index contributed by atoms with van der Waals surface area (Å²) in [5.41, 5.74) is 4.64. The highest BCUT2D eigenvalue weighted by Crippen LogP contribution is 2.31. The lowest BCUT2D eigenvalue weighted by Gasteiger charge is -2.11. The van der Waals surface area contributed by atoms with Crippen LogP contribution in [-0.2, 0) is 13.0 Å². The van der Waals surface area contributed by atoms with E-state index in [9.17, 15) is 9.18 Å². The van der Waals surface area contributed by atoms with Crippen molar-refractivity contribution in [2.45, 2.75) is 26.3 Å². The average molecular weight is 471 g/mol. The maximum absolute atomic E-state index is 13.5. The van der Waals surface area contributed by atoms with E-state index in [1.807, 2.05) is 31.2 Å². The van der Waals surface area contributed by atoms with Gasteiger partial charge in [-0.1, -0.05) is 25.1 Å². The monoisotopic (exact) mass is 470 g/mol. The zero-order valence-electron chi connectivity index (χ0n) is 19.2. The quantitative estimate of drug-likeness (QED) is 0.383. The summed E-state index contributed by atoms with van der Waals surface area (Å²) in [5.74, 6) is 1.14. The third-order valence-corrected chi connectivity index (χ3v) is 6.29. The van der Waals surface area contributed by atoms with Crippen LogP contribution < -0.4 is 15.0 Å². The maximum atomic E-state index is 13.5. The molecule has 0 radical (unpaired) electrons. The molecule has 6 rings (SSSR count). The van der Waals surface area contributed by atoms with Gasteiger partial charge in [0.2, 0.25) is 0 Å². The topological polar surface area (TPSA) is 70.7 Å². The molecule has 7 nitrogen and oxygen atoms in total. The molecule has 8 heteroatoms. The fourth-order valence-corrected chi connectivity index (χ4v) is 4.54. The Labute approximate surface area is 200 Å². The predicted octanol–water partition coefficient (Wildman–Crippen LogP) is 4.62. The van der Waals surface area contributed by atoms with Crippen molar-refractivity contribution in [1.29, 1.82) is 0 Å². The second-order valence-corrected chi connectivity index (χ2v) is 8.56. The summed E-state index contributed by atoms with van der Waals surface area (Å²) in [5, 5.41) is 5.23. The molecule has 35 heavy (non-hydrogen) atoms. The van der Waals surface area contributed by atoms with Gasteiger partial charge in [0.25, 0.3) is 5.56 Å². The summed E-state index contributed by atoms with van der Waals surface area (Å²) in [6.45, 7) is 3.65. The van der Waals surface area contributed by atoms with Gasteiger partial charge in [-0.05, 0) is 47.9 Å². The Morgan fingerprint density at radius 3 is 2.63 bits per heavy atom. The molecule has 0 saturated carbocycles.